The zero-order valence-corrected chi connectivity index (χ0v) is 19.6. The molecule has 1 aromatic carbocycles. The minimum absolute atomic E-state index is 0.116. The molecule has 0 saturated heterocycles. The van der Waals surface area contributed by atoms with Gasteiger partial charge in [0.25, 0.3) is 0 Å². The summed E-state index contributed by atoms with van der Waals surface area (Å²) in [6.07, 6.45) is 6.35. The second-order valence-corrected chi connectivity index (χ2v) is 10.2. The number of nitrogens with two attached hydrogens (primary N) is 1. The predicted molar refractivity (Wildman–Crippen MR) is 124 cm³/mol. The molecule has 0 radical (unpaired) electrons. The minimum Gasteiger partial charge on any atom is -0.390 e. The first-order valence-corrected chi connectivity index (χ1v) is 12.0. The Morgan fingerprint density at radius 2 is 2.00 bits per heavy atom. The van der Waals surface area contributed by atoms with Crippen LogP contribution in [0.4, 0.5) is 5.82 Å². The SMILES string of the molecule is CCCn1cc(-c2nc(-c3cc(S(=O)(=O)NCCC(C)(C)O)ccc3C)cnc2N)cn1. The molecular weight excluding hydrogens is 428 g/mol. The molecule has 0 unspecified atom stereocenters. The summed E-state index contributed by atoms with van der Waals surface area (Å²) in [5.41, 5.74) is 8.38. The number of aromatic nitrogens is 4. The van der Waals surface area contributed by atoms with Crippen molar-refractivity contribution in [3.8, 4) is 22.5 Å². The molecule has 0 aliphatic rings. The number of hydrogen-bond acceptors (Lipinski definition) is 7. The summed E-state index contributed by atoms with van der Waals surface area (Å²) in [4.78, 5) is 9.07. The Balaban J connectivity index is 1.94. The number of rotatable bonds is 9. The summed E-state index contributed by atoms with van der Waals surface area (Å²) in [7, 11) is -3.75. The van der Waals surface area contributed by atoms with Gasteiger partial charge in [-0.3, -0.25) is 4.68 Å². The van der Waals surface area contributed by atoms with Crippen LogP contribution in [0.2, 0.25) is 0 Å². The lowest BCUT2D eigenvalue weighted by molar-refractivity contribution is 0.0728. The van der Waals surface area contributed by atoms with Crippen LogP contribution in [0.15, 0.2) is 41.7 Å². The first-order valence-electron chi connectivity index (χ1n) is 10.5. The van der Waals surface area contributed by atoms with Gasteiger partial charge in [-0.05, 0) is 51.3 Å². The van der Waals surface area contributed by atoms with Crippen molar-refractivity contribution in [2.24, 2.45) is 0 Å². The van der Waals surface area contributed by atoms with Crippen molar-refractivity contribution in [2.75, 3.05) is 12.3 Å². The Morgan fingerprint density at radius 3 is 2.69 bits per heavy atom. The number of hydrogen-bond donors (Lipinski definition) is 3. The van der Waals surface area contributed by atoms with Gasteiger partial charge in [0.15, 0.2) is 0 Å². The number of benzene rings is 1. The van der Waals surface area contributed by atoms with Gasteiger partial charge in [-0.1, -0.05) is 13.0 Å². The van der Waals surface area contributed by atoms with E-state index in [0.29, 0.717) is 23.4 Å². The number of anilines is 1. The molecule has 0 bridgehead atoms. The van der Waals surface area contributed by atoms with Crippen molar-refractivity contribution in [3.05, 3.63) is 42.4 Å². The predicted octanol–water partition coefficient (Wildman–Crippen LogP) is 2.75. The topological polar surface area (TPSA) is 136 Å². The molecule has 172 valence electrons. The van der Waals surface area contributed by atoms with E-state index in [4.69, 9.17) is 5.73 Å². The van der Waals surface area contributed by atoms with Crippen LogP contribution in [0, 0.1) is 6.92 Å². The Morgan fingerprint density at radius 1 is 1.25 bits per heavy atom. The lowest BCUT2D eigenvalue weighted by Gasteiger charge is -2.17. The van der Waals surface area contributed by atoms with E-state index >= 15 is 0 Å². The van der Waals surface area contributed by atoms with Crippen LogP contribution in [-0.4, -0.2) is 45.4 Å². The second kappa shape index (κ2) is 9.35. The van der Waals surface area contributed by atoms with Gasteiger partial charge in [-0.25, -0.2) is 23.1 Å². The monoisotopic (exact) mass is 458 g/mol. The van der Waals surface area contributed by atoms with Crippen molar-refractivity contribution in [3.63, 3.8) is 0 Å². The van der Waals surface area contributed by atoms with E-state index in [9.17, 15) is 13.5 Å². The van der Waals surface area contributed by atoms with Crippen molar-refractivity contribution in [1.82, 2.24) is 24.5 Å². The van der Waals surface area contributed by atoms with E-state index in [0.717, 1.165) is 24.1 Å². The highest BCUT2D eigenvalue weighted by molar-refractivity contribution is 7.89. The highest BCUT2D eigenvalue weighted by atomic mass is 32.2. The van der Waals surface area contributed by atoms with Gasteiger partial charge in [0.05, 0.1) is 28.6 Å². The standard InChI is InChI=1S/C22H30N6O3S/c1-5-10-28-14-16(12-25-28)20-21(23)24-13-19(27-20)18-11-17(7-6-15(18)2)32(30,31)26-9-8-22(3,4)29/h6-7,11-14,26,29H,5,8-10H2,1-4H3,(H2,23,24). The second-order valence-electron chi connectivity index (χ2n) is 8.42. The number of nitrogens with zero attached hydrogens (tertiary/aromatic N) is 4. The van der Waals surface area contributed by atoms with Crippen molar-refractivity contribution >= 4 is 15.8 Å². The molecule has 2 heterocycles. The van der Waals surface area contributed by atoms with Crippen LogP contribution in [0.5, 0.6) is 0 Å². The van der Waals surface area contributed by atoms with Crippen LogP contribution < -0.4 is 10.5 Å². The molecule has 0 aliphatic heterocycles. The minimum atomic E-state index is -3.75. The summed E-state index contributed by atoms with van der Waals surface area (Å²) in [5, 5.41) is 14.1. The average molecular weight is 459 g/mol. The lowest BCUT2D eigenvalue weighted by Crippen LogP contribution is -2.30. The fraction of sp³-hybridized carbons (Fsp3) is 0.409. The number of nitrogens with one attached hydrogen (secondary N) is 1. The van der Waals surface area contributed by atoms with Gasteiger partial charge in [0.2, 0.25) is 10.0 Å². The molecule has 0 atom stereocenters. The molecule has 0 spiro atoms. The smallest absolute Gasteiger partial charge is 0.240 e. The molecule has 32 heavy (non-hydrogen) atoms. The maximum atomic E-state index is 12.8. The highest BCUT2D eigenvalue weighted by Crippen LogP contribution is 2.29. The summed E-state index contributed by atoms with van der Waals surface area (Å²) in [6.45, 7) is 8.13. The number of nitrogen functional groups attached to an aromatic ring is 1. The van der Waals surface area contributed by atoms with Crippen LogP contribution in [0.1, 0.15) is 39.2 Å². The molecular formula is C22H30N6O3S. The van der Waals surface area contributed by atoms with Gasteiger partial charge in [0, 0.05) is 30.4 Å². The maximum absolute atomic E-state index is 12.8. The van der Waals surface area contributed by atoms with Crippen LogP contribution in [0.3, 0.4) is 0 Å². The fourth-order valence-electron chi connectivity index (χ4n) is 3.20. The fourth-order valence-corrected chi connectivity index (χ4v) is 4.25. The molecule has 0 saturated carbocycles. The molecule has 2 aromatic heterocycles. The largest absolute Gasteiger partial charge is 0.390 e. The lowest BCUT2D eigenvalue weighted by atomic mass is 10.1. The third-order valence-corrected chi connectivity index (χ3v) is 6.44. The van der Waals surface area contributed by atoms with Gasteiger partial charge in [-0.2, -0.15) is 5.10 Å². The number of sulfonamides is 1. The Kier molecular flexibility index (Phi) is 6.97. The third kappa shape index (κ3) is 5.70. The summed E-state index contributed by atoms with van der Waals surface area (Å²) in [6, 6.07) is 4.86. The van der Waals surface area contributed by atoms with Gasteiger partial charge >= 0.3 is 0 Å². The molecule has 0 fully saturated rings. The van der Waals surface area contributed by atoms with E-state index in [1.54, 1.807) is 38.2 Å². The Labute approximate surface area is 188 Å². The van der Waals surface area contributed by atoms with Crippen molar-refractivity contribution < 1.29 is 13.5 Å². The number of aryl methyl sites for hydroxylation is 2. The van der Waals surface area contributed by atoms with Crippen LogP contribution in [0.25, 0.3) is 22.5 Å². The first-order chi connectivity index (χ1) is 15.0. The summed E-state index contributed by atoms with van der Waals surface area (Å²) < 4.78 is 29.9. The molecule has 0 aliphatic carbocycles. The highest BCUT2D eigenvalue weighted by Gasteiger charge is 2.19. The van der Waals surface area contributed by atoms with Gasteiger partial charge in [0.1, 0.15) is 11.5 Å². The van der Waals surface area contributed by atoms with Crippen LogP contribution >= 0.6 is 0 Å². The molecule has 3 aromatic rings. The molecule has 9 nitrogen and oxygen atoms in total. The zero-order valence-electron chi connectivity index (χ0n) is 18.8. The molecule has 4 N–H and O–H groups in total. The van der Waals surface area contributed by atoms with Crippen molar-refractivity contribution in [2.45, 2.75) is 57.6 Å². The third-order valence-electron chi connectivity index (χ3n) is 4.98. The van der Waals surface area contributed by atoms with Gasteiger partial charge < -0.3 is 10.8 Å². The van der Waals surface area contributed by atoms with E-state index in [-0.39, 0.29) is 17.3 Å². The van der Waals surface area contributed by atoms with Crippen molar-refractivity contribution in [1.29, 1.82) is 0 Å². The van der Waals surface area contributed by atoms with E-state index in [1.165, 1.54) is 6.20 Å². The molecule has 10 heteroatoms. The normalized spacial score (nSPS) is 12.3. The van der Waals surface area contributed by atoms with E-state index < -0.39 is 15.6 Å². The quantitative estimate of drug-likeness (QED) is 0.448. The summed E-state index contributed by atoms with van der Waals surface area (Å²) >= 11 is 0. The Bertz CT molecular complexity index is 1200. The van der Waals surface area contributed by atoms with E-state index in [1.807, 2.05) is 17.8 Å². The van der Waals surface area contributed by atoms with E-state index in [2.05, 4.69) is 26.7 Å². The number of aliphatic hydroxyl groups is 1. The van der Waals surface area contributed by atoms with Gasteiger partial charge in [-0.15, -0.1) is 0 Å². The zero-order chi connectivity index (χ0) is 23.5. The Hall–Kier alpha value is -2.82. The molecule has 0 amide bonds. The summed E-state index contributed by atoms with van der Waals surface area (Å²) in [5.74, 6) is 0.277. The first kappa shape index (κ1) is 23.8. The van der Waals surface area contributed by atoms with Crippen LogP contribution in [-0.2, 0) is 16.6 Å². The molecule has 3 rings (SSSR count). The average Bonchev–Trinajstić information content (AvgIpc) is 3.16. The maximum Gasteiger partial charge on any atom is 0.240 e.